The van der Waals surface area contributed by atoms with E-state index in [1.807, 2.05) is 0 Å². The first-order valence-corrected chi connectivity index (χ1v) is 4.40. The van der Waals surface area contributed by atoms with E-state index in [0.717, 1.165) is 5.06 Å². The lowest BCUT2D eigenvalue weighted by Crippen LogP contribution is -2.41. The van der Waals surface area contributed by atoms with E-state index in [4.69, 9.17) is 15.3 Å². The van der Waals surface area contributed by atoms with E-state index in [9.17, 15) is 14.4 Å². The first kappa shape index (κ1) is 14.3. The summed E-state index contributed by atoms with van der Waals surface area (Å²) in [5.74, 6) is -3.62. The molecule has 0 spiro atoms. The maximum atomic E-state index is 10.6. The van der Waals surface area contributed by atoms with Gasteiger partial charge in [-0.15, -0.1) is 0 Å². The molecule has 1 unspecified atom stereocenters. The second-order valence-corrected chi connectivity index (χ2v) is 2.97. The summed E-state index contributed by atoms with van der Waals surface area (Å²) in [6.45, 7) is 0.360. The van der Waals surface area contributed by atoms with E-state index in [-0.39, 0.29) is 13.0 Å². The standard InChI is InChI=1S/C8H13NO7/c1-5(8(14)15)9(3-2-6(10)11)16-4-7(12)13/h5H,2-4H2,1H3,(H,10,11)(H,12,13)(H,14,15). The van der Waals surface area contributed by atoms with Gasteiger partial charge in [-0.25, -0.2) is 4.79 Å². The van der Waals surface area contributed by atoms with Crippen LogP contribution < -0.4 is 0 Å². The highest BCUT2D eigenvalue weighted by atomic mass is 16.7. The molecule has 0 aromatic carbocycles. The third kappa shape index (κ3) is 5.94. The molecular formula is C8H13NO7. The predicted octanol–water partition coefficient (Wildman–Crippen LogP) is -0.748. The minimum Gasteiger partial charge on any atom is -0.481 e. The molecule has 0 rings (SSSR count). The molecule has 8 nitrogen and oxygen atoms in total. The van der Waals surface area contributed by atoms with Gasteiger partial charge in [0.05, 0.1) is 6.42 Å². The molecule has 0 aromatic heterocycles. The van der Waals surface area contributed by atoms with Gasteiger partial charge >= 0.3 is 17.9 Å². The molecule has 0 aromatic rings. The maximum Gasteiger partial charge on any atom is 0.331 e. The van der Waals surface area contributed by atoms with Gasteiger partial charge in [0.1, 0.15) is 6.04 Å². The normalized spacial score (nSPS) is 12.4. The summed E-state index contributed by atoms with van der Waals surface area (Å²) in [6.07, 6.45) is -0.336. The van der Waals surface area contributed by atoms with Gasteiger partial charge in [-0.3, -0.25) is 14.4 Å². The Balaban J connectivity index is 4.31. The highest BCUT2D eigenvalue weighted by Gasteiger charge is 2.22. The zero-order valence-corrected chi connectivity index (χ0v) is 8.62. The topological polar surface area (TPSA) is 124 Å². The molecule has 0 bridgehead atoms. The molecule has 3 N–H and O–H groups in total. The SMILES string of the molecule is CC(C(=O)O)N(CCC(=O)O)OCC(=O)O. The Morgan fingerprint density at radius 3 is 2.12 bits per heavy atom. The molecule has 0 heterocycles. The zero-order valence-electron chi connectivity index (χ0n) is 8.62. The second kappa shape index (κ2) is 6.75. The molecule has 16 heavy (non-hydrogen) atoms. The molecule has 0 aliphatic rings. The number of aliphatic carboxylic acids is 3. The van der Waals surface area contributed by atoms with Crippen molar-refractivity contribution in [3.8, 4) is 0 Å². The maximum absolute atomic E-state index is 10.6. The number of hydrogen-bond donors (Lipinski definition) is 3. The molecule has 1 atom stereocenters. The average Bonchev–Trinajstić information content (AvgIpc) is 2.16. The molecule has 92 valence electrons. The number of hydroxylamine groups is 2. The van der Waals surface area contributed by atoms with Crippen LogP contribution in [-0.2, 0) is 19.2 Å². The average molecular weight is 235 g/mol. The van der Waals surface area contributed by atoms with Crippen LogP contribution in [0.15, 0.2) is 0 Å². The molecular weight excluding hydrogens is 222 g/mol. The van der Waals surface area contributed by atoms with Gasteiger partial charge in [-0.1, -0.05) is 0 Å². The molecule has 0 saturated carbocycles. The Morgan fingerprint density at radius 1 is 1.19 bits per heavy atom. The van der Waals surface area contributed by atoms with Crippen molar-refractivity contribution >= 4 is 17.9 Å². The van der Waals surface area contributed by atoms with Crippen LogP contribution in [0.5, 0.6) is 0 Å². The largest absolute Gasteiger partial charge is 0.481 e. The summed E-state index contributed by atoms with van der Waals surface area (Å²) in [6, 6.07) is -1.11. The van der Waals surface area contributed by atoms with Gasteiger partial charge in [-0.05, 0) is 6.92 Å². The number of carboxylic acids is 3. The molecule has 0 saturated heterocycles. The molecule has 0 fully saturated rings. The lowest BCUT2D eigenvalue weighted by atomic mass is 10.3. The summed E-state index contributed by atoms with van der Waals surface area (Å²) in [5.41, 5.74) is 0. The van der Waals surface area contributed by atoms with Crippen LogP contribution in [0.3, 0.4) is 0 Å². The fourth-order valence-electron chi connectivity index (χ4n) is 0.837. The minimum atomic E-state index is -1.27. The van der Waals surface area contributed by atoms with Crippen LogP contribution in [0.4, 0.5) is 0 Å². The van der Waals surface area contributed by atoms with E-state index >= 15 is 0 Å². The van der Waals surface area contributed by atoms with Crippen LogP contribution in [-0.4, -0.2) is 57.5 Å². The number of hydrogen-bond acceptors (Lipinski definition) is 5. The van der Waals surface area contributed by atoms with E-state index in [0.29, 0.717) is 0 Å². The van der Waals surface area contributed by atoms with Crippen LogP contribution in [0, 0.1) is 0 Å². The third-order valence-electron chi connectivity index (χ3n) is 1.69. The van der Waals surface area contributed by atoms with Gasteiger partial charge in [0.15, 0.2) is 6.61 Å². The fraction of sp³-hybridized carbons (Fsp3) is 0.625. The Bertz CT molecular complexity index is 260. The van der Waals surface area contributed by atoms with E-state index in [1.54, 1.807) is 0 Å². The van der Waals surface area contributed by atoms with Crippen LogP contribution in [0.2, 0.25) is 0 Å². The lowest BCUT2D eigenvalue weighted by Gasteiger charge is -2.23. The van der Waals surface area contributed by atoms with Crippen molar-refractivity contribution in [1.82, 2.24) is 5.06 Å². The molecule has 0 aliphatic carbocycles. The lowest BCUT2D eigenvalue weighted by molar-refractivity contribution is -0.204. The van der Waals surface area contributed by atoms with Crippen molar-refractivity contribution in [2.24, 2.45) is 0 Å². The summed E-state index contributed by atoms with van der Waals surface area (Å²) >= 11 is 0. The number of carboxylic acid groups (broad SMARTS) is 3. The van der Waals surface area contributed by atoms with Gasteiger partial charge < -0.3 is 15.3 Å². The van der Waals surface area contributed by atoms with E-state index < -0.39 is 30.6 Å². The third-order valence-corrected chi connectivity index (χ3v) is 1.69. The van der Waals surface area contributed by atoms with Crippen LogP contribution in [0.1, 0.15) is 13.3 Å². The van der Waals surface area contributed by atoms with Crippen molar-refractivity contribution in [2.75, 3.05) is 13.2 Å². The Kier molecular flexibility index (Phi) is 6.04. The first-order valence-electron chi connectivity index (χ1n) is 4.40. The van der Waals surface area contributed by atoms with Gasteiger partial charge in [0.2, 0.25) is 0 Å². The molecule has 0 radical (unpaired) electrons. The molecule has 0 aliphatic heterocycles. The smallest absolute Gasteiger partial charge is 0.331 e. The zero-order chi connectivity index (χ0) is 12.7. The van der Waals surface area contributed by atoms with Gasteiger partial charge in [0.25, 0.3) is 0 Å². The number of carbonyl (C=O) groups is 3. The predicted molar refractivity (Wildman–Crippen MR) is 49.6 cm³/mol. The monoisotopic (exact) mass is 235 g/mol. The minimum absolute atomic E-state index is 0.198. The second-order valence-electron chi connectivity index (χ2n) is 2.97. The first-order chi connectivity index (χ1) is 7.34. The molecule has 0 amide bonds. The van der Waals surface area contributed by atoms with Crippen molar-refractivity contribution < 1.29 is 34.5 Å². The van der Waals surface area contributed by atoms with Crippen molar-refractivity contribution in [3.63, 3.8) is 0 Å². The Morgan fingerprint density at radius 2 is 1.75 bits per heavy atom. The van der Waals surface area contributed by atoms with Crippen molar-refractivity contribution in [2.45, 2.75) is 19.4 Å². The van der Waals surface area contributed by atoms with Gasteiger partial charge in [0, 0.05) is 6.54 Å². The fourth-order valence-corrected chi connectivity index (χ4v) is 0.837. The Hall–Kier alpha value is -1.67. The van der Waals surface area contributed by atoms with E-state index in [2.05, 4.69) is 4.84 Å². The highest BCUT2D eigenvalue weighted by molar-refractivity contribution is 5.73. The van der Waals surface area contributed by atoms with Crippen LogP contribution >= 0.6 is 0 Å². The summed E-state index contributed by atoms with van der Waals surface area (Å²) in [7, 11) is 0. The summed E-state index contributed by atoms with van der Waals surface area (Å²) in [4.78, 5) is 35.8. The van der Waals surface area contributed by atoms with Crippen LogP contribution in [0.25, 0.3) is 0 Å². The quantitative estimate of drug-likeness (QED) is 0.469. The molecule has 8 heteroatoms. The Labute approximate surface area is 91.0 Å². The van der Waals surface area contributed by atoms with E-state index in [1.165, 1.54) is 6.92 Å². The van der Waals surface area contributed by atoms with Gasteiger partial charge in [-0.2, -0.15) is 5.06 Å². The summed E-state index contributed by atoms with van der Waals surface area (Å²) in [5, 5.41) is 26.2. The summed E-state index contributed by atoms with van der Waals surface area (Å²) < 4.78 is 0. The number of rotatable bonds is 8. The highest BCUT2D eigenvalue weighted by Crippen LogP contribution is 2.02. The number of nitrogens with zero attached hydrogens (tertiary/aromatic N) is 1. The van der Waals surface area contributed by atoms with Crippen molar-refractivity contribution in [3.05, 3.63) is 0 Å². The van der Waals surface area contributed by atoms with Crippen molar-refractivity contribution in [1.29, 1.82) is 0 Å².